The molecule has 0 aliphatic heterocycles. The highest BCUT2D eigenvalue weighted by atomic mass is 32.4. The third-order valence-corrected chi connectivity index (χ3v) is 11.7. The highest BCUT2D eigenvalue weighted by molar-refractivity contribution is 8.40. The molecule has 0 radical (unpaired) electrons. The van der Waals surface area contributed by atoms with E-state index in [1.54, 1.807) is 0 Å². The maximum absolute atomic E-state index is 13.0. The zero-order chi connectivity index (χ0) is 21.5. The summed E-state index contributed by atoms with van der Waals surface area (Å²) in [4.78, 5) is -0.424. The Hall–Kier alpha value is -1.19. The number of hydrogen-bond acceptors (Lipinski definition) is 5. The molecule has 1 rings (SSSR count). The number of ether oxygens (including phenoxy) is 1. The first-order valence-corrected chi connectivity index (χ1v) is 12.1. The van der Waals surface area contributed by atoms with Crippen LogP contribution in [0.25, 0.3) is 0 Å². The van der Waals surface area contributed by atoms with Gasteiger partial charge in [-0.15, -0.1) is 10.2 Å². The smallest absolute Gasteiger partial charge is 0.493 e. The summed E-state index contributed by atoms with van der Waals surface area (Å²) >= 11 is 0. The number of halogens is 6. The third-order valence-electron chi connectivity index (χ3n) is 3.04. The van der Waals surface area contributed by atoms with E-state index in [-0.39, 0.29) is 12.4 Å². The first kappa shape index (κ1) is 23.8. The molecule has 27 heavy (non-hydrogen) atoms. The van der Waals surface area contributed by atoms with Gasteiger partial charge in [0.25, 0.3) is 0 Å². The zero-order valence-electron chi connectivity index (χ0n) is 14.0. The molecule has 0 atom stereocenters. The summed E-state index contributed by atoms with van der Waals surface area (Å²) in [5.74, 6) is -0.236. The second-order valence-electron chi connectivity index (χ2n) is 5.22. The van der Waals surface area contributed by atoms with E-state index < -0.39 is 49.3 Å². The quantitative estimate of drug-likeness (QED) is 0.604. The highest BCUT2D eigenvalue weighted by Gasteiger charge is 2.65. The molecule has 15 heteroatoms. The average Bonchev–Trinajstić information content (AvgIpc) is 2.44. The van der Waals surface area contributed by atoms with E-state index in [2.05, 4.69) is 0 Å². The number of para-hydroxylation sites is 1. The zero-order valence-corrected chi connectivity index (χ0v) is 16.4. The van der Waals surface area contributed by atoms with Crippen LogP contribution in [0.3, 0.4) is 0 Å². The number of rotatable bonds is 6. The summed E-state index contributed by atoms with van der Waals surface area (Å²) in [7, 11) is -17.8. The van der Waals surface area contributed by atoms with Crippen LogP contribution in [-0.2, 0) is 20.0 Å². The molecule has 0 amide bonds. The van der Waals surface area contributed by atoms with Gasteiger partial charge in [-0.1, -0.05) is 12.1 Å². The van der Waals surface area contributed by atoms with Crippen LogP contribution in [0.4, 0.5) is 26.3 Å². The molecule has 0 aliphatic carbocycles. The molecule has 1 aromatic rings. The number of alkyl halides is 6. The molecule has 0 N–H and O–H groups in total. The Bertz CT molecular complexity index is 849. The normalized spacial score (nSPS) is 15.0. The van der Waals surface area contributed by atoms with Crippen molar-refractivity contribution >= 4 is 30.3 Å². The van der Waals surface area contributed by atoms with E-state index in [0.29, 0.717) is 12.5 Å². The van der Waals surface area contributed by atoms with Gasteiger partial charge in [-0.05, 0) is 34.7 Å². The van der Waals surface area contributed by atoms with E-state index in [9.17, 15) is 43.2 Å². The van der Waals surface area contributed by atoms with Crippen molar-refractivity contribution in [3.8, 4) is 5.75 Å². The third kappa shape index (κ3) is 4.30. The minimum absolute atomic E-state index is 0.0510. The average molecular weight is 463 g/mol. The first-order valence-electron chi connectivity index (χ1n) is 6.80. The molecule has 0 unspecified atom stereocenters. The van der Waals surface area contributed by atoms with Crippen LogP contribution < -0.4 is 4.74 Å². The molecule has 0 saturated carbocycles. The topological polar surface area (TPSA) is 80.8 Å². The van der Waals surface area contributed by atoms with Crippen LogP contribution in [0.1, 0.15) is 6.92 Å². The lowest BCUT2D eigenvalue weighted by Crippen LogP contribution is -2.49. The van der Waals surface area contributed by atoms with Gasteiger partial charge in [0.05, 0.1) is 6.61 Å². The largest absolute Gasteiger partial charge is 0.513 e. The lowest BCUT2D eigenvalue weighted by atomic mass is 10.3. The van der Waals surface area contributed by atoms with Gasteiger partial charge in [-0.3, -0.25) is 0 Å². The van der Waals surface area contributed by atoms with Crippen LogP contribution in [0, 0.1) is 0 Å². The fourth-order valence-corrected chi connectivity index (χ4v) is 9.99. The Morgan fingerprint density at radius 3 is 1.67 bits per heavy atom. The monoisotopic (exact) mass is 463 g/mol. The Labute approximate surface area is 153 Å². The van der Waals surface area contributed by atoms with Gasteiger partial charge in [-0.2, -0.15) is 26.3 Å². The van der Waals surface area contributed by atoms with Crippen molar-refractivity contribution in [3.05, 3.63) is 24.3 Å². The van der Waals surface area contributed by atoms with Crippen molar-refractivity contribution in [1.82, 2.24) is 3.12 Å². The molecular weight excluding hydrogens is 448 g/mol. The van der Waals surface area contributed by atoms with Gasteiger partial charge < -0.3 is 4.74 Å². The second kappa shape index (κ2) is 7.33. The van der Waals surface area contributed by atoms with Crippen LogP contribution in [0.15, 0.2) is 29.2 Å². The standard InChI is InChI=1S/C12H15F6NO5S3/c1-4-24-9-7-5-6-8-10(9)25(2,3)19(26(20,21)11(13,14)15)27(22,23)12(16,17)18/h5-8H,4H2,1-3H3. The lowest BCUT2D eigenvalue weighted by molar-refractivity contribution is -0.0505. The summed E-state index contributed by atoms with van der Waals surface area (Å²) in [6.45, 7) is 1.42. The molecule has 1 aromatic carbocycles. The van der Waals surface area contributed by atoms with Crippen molar-refractivity contribution in [3.63, 3.8) is 0 Å². The number of benzene rings is 1. The summed E-state index contributed by atoms with van der Waals surface area (Å²) in [5, 5.41) is 0. The van der Waals surface area contributed by atoms with E-state index in [1.165, 1.54) is 25.1 Å². The van der Waals surface area contributed by atoms with Crippen molar-refractivity contribution < 1.29 is 47.9 Å². The fourth-order valence-electron chi connectivity index (χ4n) is 2.01. The predicted octanol–water partition coefficient (Wildman–Crippen LogP) is 3.42. The predicted molar refractivity (Wildman–Crippen MR) is 87.1 cm³/mol. The lowest BCUT2D eigenvalue weighted by Gasteiger charge is -2.41. The maximum atomic E-state index is 13.0. The maximum Gasteiger partial charge on any atom is 0.513 e. The molecule has 0 aromatic heterocycles. The summed E-state index contributed by atoms with van der Waals surface area (Å²) < 4.78 is 129. The number of nitrogens with zero attached hydrogens (tertiary/aromatic N) is 1. The van der Waals surface area contributed by atoms with Crippen LogP contribution in [0.2, 0.25) is 0 Å². The minimum Gasteiger partial charge on any atom is -0.493 e. The Morgan fingerprint density at radius 2 is 1.30 bits per heavy atom. The van der Waals surface area contributed by atoms with Gasteiger partial charge in [0, 0.05) is 4.90 Å². The molecule has 0 fully saturated rings. The van der Waals surface area contributed by atoms with Crippen LogP contribution in [0.5, 0.6) is 5.75 Å². The van der Waals surface area contributed by atoms with Crippen LogP contribution in [-0.4, -0.2) is 50.1 Å². The molecule has 6 nitrogen and oxygen atoms in total. The summed E-state index contributed by atoms with van der Waals surface area (Å²) in [6.07, 6.45) is 1.36. The van der Waals surface area contributed by atoms with Crippen molar-refractivity contribution in [2.45, 2.75) is 22.8 Å². The Balaban J connectivity index is 3.92. The van der Waals surface area contributed by atoms with Crippen molar-refractivity contribution in [1.29, 1.82) is 0 Å². The molecule has 0 heterocycles. The van der Waals surface area contributed by atoms with E-state index in [4.69, 9.17) is 4.74 Å². The summed E-state index contributed by atoms with van der Waals surface area (Å²) in [5.41, 5.74) is -12.6. The Morgan fingerprint density at radius 1 is 0.889 bits per heavy atom. The van der Waals surface area contributed by atoms with Gasteiger partial charge in [0.2, 0.25) is 0 Å². The fraction of sp³-hybridized carbons (Fsp3) is 0.500. The van der Waals surface area contributed by atoms with E-state index >= 15 is 0 Å². The highest BCUT2D eigenvalue weighted by Crippen LogP contribution is 2.61. The van der Waals surface area contributed by atoms with Gasteiger partial charge in [0.1, 0.15) is 5.75 Å². The minimum atomic E-state index is -6.91. The molecule has 158 valence electrons. The van der Waals surface area contributed by atoms with Crippen LogP contribution >= 0.6 is 10.2 Å². The molecule has 0 spiro atoms. The van der Waals surface area contributed by atoms with Gasteiger partial charge in [-0.25, -0.2) is 16.8 Å². The summed E-state index contributed by atoms with van der Waals surface area (Å²) in [6, 6.07) is 4.72. The van der Waals surface area contributed by atoms with Crippen molar-refractivity contribution in [2.75, 3.05) is 19.1 Å². The van der Waals surface area contributed by atoms with Gasteiger partial charge >= 0.3 is 31.1 Å². The second-order valence-corrected chi connectivity index (χ2v) is 12.8. The van der Waals surface area contributed by atoms with Gasteiger partial charge in [0.15, 0.2) is 0 Å². The molecule has 0 saturated heterocycles. The van der Waals surface area contributed by atoms with E-state index in [0.717, 1.165) is 6.07 Å². The van der Waals surface area contributed by atoms with E-state index in [1.807, 2.05) is 0 Å². The Kier molecular flexibility index (Phi) is 6.47. The number of hydrogen-bond donors (Lipinski definition) is 0. The molecule has 0 bridgehead atoms. The van der Waals surface area contributed by atoms with Crippen molar-refractivity contribution in [2.24, 2.45) is 0 Å². The first-order chi connectivity index (χ1) is 11.9. The molecular formula is C12H15F6NO5S3. The SMILES string of the molecule is CCOc1ccccc1S(C)(C)N(S(=O)(=O)C(F)(F)F)S(=O)(=O)C(F)(F)F. The number of sulfonamides is 2. The molecule has 0 aliphatic rings.